The van der Waals surface area contributed by atoms with Crippen molar-refractivity contribution in [1.82, 2.24) is 20.5 Å². The molecule has 4 rings (SSSR count). The van der Waals surface area contributed by atoms with Gasteiger partial charge in [0.25, 0.3) is 5.91 Å². The van der Waals surface area contributed by atoms with Gasteiger partial charge in [-0.1, -0.05) is 12.5 Å². The van der Waals surface area contributed by atoms with Gasteiger partial charge in [0.2, 0.25) is 11.8 Å². The van der Waals surface area contributed by atoms with Gasteiger partial charge >= 0.3 is 0 Å². The standard InChI is InChI=1S/C28H36F2N4O3/c1-28(2,30)18-34-13-10-19(11-14-34)17-37-25-9-7-21(16-32-25)20-6-8-22(23(29)15-20)26(35)33-27(36)24-5-3-4-12-31-24/h6-9,15-16,19,24,31H,3-5,10-14,17-18H2,1-2H3,(H,33,35,36)/t24-/m1/s1. The van der Waals surface area contributed by atoms with Gasteiger partial charge < -0.3 is 15.0 Å². The molecular weight excluding hydrogens is 478 g/mol. The Morgan fingerprint density at radius 2 is 1.89 bits per heavy atom. The number of rotatable bonds is 8. The number of likely N-dealkylation sites (tertiary alicyclic amines) is 1. The molecule has 0 spiro atoms. The highest BCUT2D eigenvalue weighted by Crippen LogP contribution is 2.25. The number of amides is 2. The predicted molar refractivity (Wildman–Crippen MR) is 138 cm³/mol. The van der Waals surface area contributed by atoms with Crippen molar-refractivity contribution in [1.29, 1.82) is 0 Å². The van der Waals surface area contributed by atoms with Gasteiger partial charge in [0.05, 0.1) is 18.2 Å². The number of pyridine rings is 1. The number of hydrogen-bond acceptors (Lipinski definition) is 6. The molecule has 0 radical (unpaired) electrons. The molecule has 7 nitrogen and oxygen atoms in total. The normalized spacial score (nSPS) is 19.4. The van der Waals surface area contributed by atoms with E-state index in [1.54, 1.807) is 38.2 Å². The molecule has 0 saturated carbocycles. The number of nitrogens with zero attached hydrogens (tertiary/aromatic N) is 2. The topological polar surface area (TPSA) is 83.6 Å². The minimum Gasteiger partial charge on any atom is -0.477 e. The number of nitrogens with one attached hydrogen (secondary N) is 2. The largest absolute Gasteiger partial charge is 0.477 e. The minimum absolute atomic E-state index is 0.179. The van der Waals surface area contributed by atoms with E-state index in [1.807, 2.05) is 0 Å². The number of carbonyl (C=O) groups is 2. The van der Waals surface area contributed by atoms with Gasteiger partial charge in [-0.15, -0.1) is 0 Å². The van der Waals surface area contributed by atoms with E-state index in [1.165, 1.54) is 12.1 Å². The summed E-state index contributed by atoms with van der Waals surface area (Å²) in [6, 6.07) is 7.38. The Labute approximate surface area is 217 Å². The molecule has 0 bridgehead atoms. The van der Waals surface area contributed by atoms with Crippen LogP contribution in [0.1, 0.15) is 56.3 Å². The number of hydrogen-bond donors (Lipinski definition) is 2. The Kier molecular flexibility index (Phi) is 8.87. The lowest BCUT2D eigenvalue weighted by molar-refractivity contribution is -0.122. The first kappa shape index (κ1) is 27.1. The summed E-state index contributed by atoms with van der Waals surface area (Å²) in [5, 5.41) is 5.37. The van der Waals surface area contributed by atoms with E-state index in [0.717, 1.165) is 45.3 Å². The molecule has 0 aliphatic carbocycles. The lowest BCUT2D eigenvalue weighted by Crippen LogP contribution is -2.48. The van der Waals surface area contributed by atoms with Crippen LogP contribution in [-0.2, 0) is 4.79 Å². The molecule has 0 unspecified atom stereocenters. The summed E-state index contributed by atoms with van der Waals surface area (Å²) in [6.45, 7) is 6.66. The SMILES string of the molecule is CC(C)(F)CN1CCC(COc2ccc(-c3ccc(C(=O)NC(=O)[C@H]4CCCCN4)c(F)c3)cn2)CC1. The number of alkyl halides is 1. The number of piperidine rings is 2. The van der Waals surface area contributed by atoms with Gasteiger partial charge in [-0.3, -0.25) is 14.9 Å². The maximum absolute atomic E-state index is 14.7. The van der Waals surface area contributed by atoms with Gasteiger partial charge in [-0.25, -0.2) is 13.8 Å². The summed E-state index contributed by atoms with van der Waals surface area (Å²) in [4.78, 5) is 31.2. The van der Waals surface area contributed by atoms with E-state index in [-0.39, 0.29) is 5.56 Å². The van der Waals surface area contributed by atoms with Crippen LogP contribution in [-0.4, -0.2) is 66.2 Å². The highest BCUT2D eigenvalue weighted by Gasteiger charge is 2.26. The highest BCUT2D eigenvalue weighted by atomic mass is 19.1. The van der Waals surface area contributed by atoms with E-state index >= 15 is 0 Å². The molecule has 2 saturated heterocycles. The third kappa shape index (κ3) is 7.79. The van der Waals surface area contributed by atoms with Crippen LogP contribution in [0.3, 0.4) is 0 Å². The van der Waals surface area contributed by atoms with E-state index in [9.17, 15) is 18.4 Å². The van der Waals surface area contributed by atoms with Crippen molar-refractivity contribution in [3.05, 3.63) is 47.9 Å². The zero-order chi connectivity index (χ0) is 26.4. The molecule has 1 aromatic carbocycles. The summed E-state index contributed by atoms with van der Waals surface area (Å²) in [5.74, 6) is -0.997. The summed E-state index contributed by atoms with van der Waals surface area (Å²) in [7, 11) is 0. The molecule has 37 heavy (non-hydrogen) atoms. The van der Waals surface area contributed by atoms with Crippen LogP contribution in [0.15, 0.2) is 36.5 Å². The van der Waals surface area contributed by atoms with E-state index in [4.69, 9.17) is 4.74 Å². The highest BCUT2D eigenvalue weighted by molar-refractivity contribution is 6.06. The Morgan fingerprint density at radius 3 is 2.51 bits per heavy atom. The van der Waals surface area contributed by atoms with Crippen LogP contribution in [0.2, 0.25) is 0 Å². The van der Waals surface area contributed by atoms with Gasteiger partial charge in [0.1, 0.15) is 11.5 Å². The summed E-state index contributed by atoms with van der Waals surface area (Å²) < 4.78 is 34.5. The minimum atomic E-state index is -1.18. The van der Waals surface area contributed by atoms with Crippen molar-refractivity contribution < 1.29 is 23.1 Å². The molecule has 2 aliphatic heterocycles. The number of halogens is 2. The zero-order valence-electron chi connectivity index (χ0n) is 21.6. The second kappa shape index (κ2) is 12.1. The first-order valence-corrected chi connectivity index (χ1v) is 13.1. The third-order valence-corrected chi connectivity index (χ3v) is 6.92. The Bertz CT molecular complexity index is 1070. The van der Waals surface area contributed by atoms with Crippen molar-refractivity contribution >= 4 is 11.8 Å². The molecule has 3 heterocycles. The van der Waals surface area contributed by atoms with Gasteiger partial charge in [0.15, 0.2) is 0 Å². The fraction of sp³-hybridized carbons (Fsp3) is 0.536. The lowest BCUT2D eigenvalue weighted by atomic mass is 9.97. The van der Waals surface area contributed by atoms with Crippen LogP contribution in [0.25, 0.3) is 11.1 Å². The maximum atomic E-state index is 14.7. The number of carbonyl (C=O) groups excluding carboxylic acids is 2. The maximum Gasteiger partial charge on any atom is 0.260 e. The number of benzene rings is 1. The fourth-order valence-electron chi connectivity index (χ4n) is 4.90. The van der Waals surface area contributed by atoms with E-state index < -0.39 is 29.3 Å². The van der Waals surface area contributed by atoms with Gasteiger partial charge in [0, 0.05) is 24.4 Å². The van der Waals surface area contributed by atoms with Crippen LogP contribution in [0.4, 0.5) is 8.78 Å². The Balaban J connectivity index is 1.28. The summed E-state index contributed by atoms with van der Waals surface area (Å²) >= 11 is 0. The van der Waals surface area contributed by atoms with Crippen LogP contribution < -0.4 is 15.4 Å². The molecule has 2 aromatic rings. The third-order valence-electron chi connectivity index (χ3n) is 6.92. The Morgan fingerprint density at radius 1 is 1.14 bits per heavy atom. The van der Waals surface area contributed by atoms with Crippen molar-refractivity contribution in [2.45, 2.75) is 57.7 Å². The molecule has 1 aromatic heterocycles. The zero-order valence-corrected chi connectivity index (χ0v) is 21.6. The molecule has 2 aliphatic rings. The molecule has 9 heteroatoms. The molecule has 2 fully saturated rings. The van der Waals surface area contributed by atoms with Crippen molar-refractivity contribution in [2.24, 2.45) is 5.92 Å². The van der Waals surface area contributed by atoms with Gasteiger partial charge in [-0.05, 0) is 88.8 Å². The van der Waals surface area contributed by atoms with E-state index in [0.29, 0.717) is 42.5 Å². The van der Waals surface area contributed by atoms with Gasteiger partial charge in [-0.2, -0.15) is 0 Å². The first-order valence-electron chi connectivity index (χ1n) is 13.1. The smallest absolute Gasteiger partial charge is 0.260 e. The van der Waals surface area contributed by atoms with Crippen molar-refractivity contribution in [2.75, 3.05) is 32.8 Å². The predicted octanol–water partition coefficient (Wildman–Crippen LogP) is 4.13. The number of aromatic nitrogens is 1. The summed E-state index contributed by atoms with van der Waals surface area (Å²) in [6.07, 6.45) is 6.09. The second-order valence-electron chi connectivity index (χ2n) is 10.6. The fourth-order valence-corrected chi connectivity index (χ4v) is 4.90. The molecule has 2 N–H and O–H groups in total. The first-order chi connectivity index (χ1) is 17.7. The second-order valence-corrected chi connectivity index (χ2v) is 10.6. The average Bonchev–Trinajstić information content (AvgIpc) is 2.88. The molecule has 200 valence electrons. The van der Waals surface area contributed by atoms with Crippen LogP contribution in [0, 0.1) is 11.7 Å². The number of ether oxygens (including phenoxy) is 1. The summed E-state index contributed by atoms with van der Waals surface area (Å²) in [5.41, 5.74) is -0.114. The number of imide groups is 1. The van der Waals surface area contributed by atoms with E-state index in [2.05, 4.69) is 20.5 Å². The van der Waals surface area contributed by atoms with Crippen molar-refractivity contribution in [3.63, 3.8) is 0 Å². The lowest BCUT2D eigenvalue weighted by Gasteiger charge is -2.34. The average molecular weight is 515 g/mol. The quantitative estimate of drug-likeness (QED) is 0.516. The van der Waals surface area contributed by atoms with Crippen LogP contribution >= 0.6 is 0 Å². The Hall–Kier alpha value is -2.91. The molecular formula is C28H36F2N4O3. The molecule has 2 amide bonds. The van der Waals surface area contributed by atoms with Crippen LogP contribution in [0.5, 0.6) is 5.88 Å². The monoisotopic (exact) mass is 514 g/mol. The van der Waals surface area contributed by atoms with Crippen molar-refractivity contribution in [3.8, 4) is 17.0 Å². The molecule has 1 atom stereocenters.